The Balaban J connectivity index is 0.958. The highest BCUT2D eigenvalue weighted by Crippen LogP contribution is 2.43. The van der Waals surface area contributed by atoms with Crippen molar-refractivity contribution in [3.05, 3.63) is 242 Å². The monoisotopic (exact) mass is 1270 g/mol. The molecular weight excluding hydrogens is 1190 g/mol. The van der Waals surface area contributed by atoms with Gasteiger partial charge in [0.15, 0.2) is 0 Å². The van der Waals surface area contributed by atoms with E-state index in [-0.39, 0.29) is 5.57 Å². The number of nitrogens with one attached hydrogen (secondary N) is 2. The molecule has 4 aromatic heterocycles. The predicted molar refractivity (Wildman–Crippen MR) is 392 cm³/mol. The summed E-state index contributed by atoms with van der Waals surface area (Å²) in [4.78, 5) is 30.9. The number of carbonyl (C=O) groups is 1. The Hall–Kier alpha value is -10.8. The van der Waals surface area contributed by atoms with E-state index in [2.05, 4.69) is 216 Å². The van der Waals surface area contributed by atoms with E-state index in [1.54, 1.807) is 18.2 Å². The molecule has 0 radical (unpaired) electrons. The summed E-state index contributed by atoms with van der Waals surface area (Å²) in [5.41, 5.74) is 26.3. The number of nitrogens with zero attached hydrogens (tertiary/aromatic N) is 4. The molecular formula is C85H75F3N6O2. The fourth-order valence-corrected chi connectivity index (χ4v) is 14.4. The Bertz CT molecular complexity index is 5170. The summed E-state index contributed by atoms with van der Waals surface area (Å²) in [6.45, 7) is 20.6. The first kappa shape index (κ1) is 63.9. The Labute approximate surface area is 558 Å². The van der Waals surface area contributed by atoms with Crippen molar-refractivity contribution in [1.29, 1.82) is 5.26 Å². The molecule has 2 aliphatic rings. The van der Waals surface area contributed by atoms with Gasteiger partial charge in [-0.3, -0.25) is 0 Å². The lowest BCUT2D eigenvalue weighted by molar-refractivity contribution is -0.137. The highest BCUT2D eigenvalue weighted by molar-refractivity contribution is 6.10. The van der Waals surface area contributed by atoms with Crippen LogP contribution in [0.25, 0.3) is 142 Å². The quantitative estimate of drug-likeness (QED) is 0.0505. The molecule has 1 unspecified atom stereocenters. The van der Waals surface area contributed by atoms with Crippen LogP contribution in [0.15, 0.2) is 163 Å². The summed E-state index contributed by atoms with van der Waals surface area (Å²) in [7, 11) is 0. The molecule has 8 bridgehead atoms. The number of carboxylic acids is 1. The first-order chi connectivity index (χ1) is 46.2. The van der Waals surface area contributed by atoms with E-state index in [4.69, 9.17) is 9.97 Å². The maximum atomic E-state index is 13.7. The van der Waals surface area contributed by atoms with E-state index >= 15 is 0 Å². The van der Waals surface area contributed by atoms with Crippen molar-refractivity contribution in [2.24, 2.45) is 11.8 Å². The van der Waals surface area contributed by atoms with E-state index < -0.39 is 17.7 Å². The molecule has 0 spiro atoms. The number of hydrogen-bond acceptors (Lipinski definition) is 4. The van der Waals surface area contributed by atoms with Gasteiger partial charge in [-0.15, -0.1) is 0 Å². The molecule has 2 aliphatic heterocycles. The first-order valence-corrected chi connectivity index (χ1v) is 33.0. The molecule has 0 aliphatic carbocycles. The third-order valence-corrected chi connectivity index (χ3v) is 18.9. The van der Waals surface area contributed by atoms with Crippen molar-refractivity contribution in [3.63, 3.8) is 0 Å². The molecule has 0 saturated heterocycles. The van der Waals surface area contributed by atoms with Crippen LogP contribution in [0.3, 0.4) is 0 Å². The van der Waals surface area contributed by atoms with Crippen LogP contribution in [0.5, 0.6) is 0 Å². The molecule has 8 nitrogen and oxygen atoms in total. The van der Waals surface area contributed by atoms with Crippen molar-refractivity contribution < 1.29 is 23.1 Å². The van der Waals surface area contributed by atoms with Crippen LogP contribution >= 0.6 is 0 Å². The topological polar surface area (TPSA) is 123 Å². The molecule has 11 aromatic rings. The molecule has 0 fully saturated rings. The third kappa shape index (κ3) is 12.8. The molecule has 0 saturated carbocycles. The number of aromatic nitrogens is 5. The summed E-state index contributed by atoms with van der Waals surface area (Å²) >= 11 is 0. The van der Waals surface area contributed by atoms with Crippen LogP contribution in [-0.2, 0) is 17.5 Å². The van der Waals surface area contributed by atoms with Gasteiger partial charge in [0.1, 0.15) is 11.6 Å². The first-order valence-electron chi connectivity index (χ1n) is 33.0. The van der Waals surface area contributed by atoms with Crippen LogP contribution in [0.4, 0.5) is 13.2 Å². The lowest BCUT2D eigenvalue weighted by Gasteiger charge is -2.14. The molecule has 0 amide bonds. The number of halogens is 3. The highest BCUT2D eigenvalue weighted by Gasteiger charge is 2.30. The van der Waals surface area contributed by atoms with Gasteiger partial charge in [0, 0.05) is 72.7 Å². The minimum atomic E-state index is -4.41. The van der Waals surface area contributed by atoms with E-state index in [0.717, 1.165) is 192 Å². The summed E-state index contributed by atoms with van der Waals surface area (Å²) in [5, 5.41) is 21.4. The van der Waals surface area contributed by atoms with Crippen molar-refractivity contribution in [2.75, 3.05) is 0 Å². The number of hydrogen-bond donors (Lipinski definition) is 3. The molecule has 478 valence electrons. The van der Waals surface area contributed by atoms with Crippen LogP contribution < -0.4 is 0 Å². The van der Waals surface area contributed by atoms with Crippen LogP contribution in [0.2, 0.25) is 0 Å². The molecule has 96 heavy (non-hydrogen) atoms. The lowest BCUT2D eigenvalue weighted by Crippen LogP contribution is -2.04. The number of H-pyrrole nitrogens is 2. The van der Waals surface area contributed by atoms with Gasteiger partial charge in [-0.05, 0) is 223 Å². The van der Waals surface area contributed by atoms with Crippen LogP contribution in [0, 0.1) is 64.7 Å². The second-order valence-electron chi connectivity index (χ2n) is 26.6. The maximum Gasteiger partial charge on any atom is 0.416 e. The zero-order chi connectivity index (χ0) is 67.3. The van der Waals surface area contributed by atoms with Crippen molar-refractivity contribution >= 4 is 92.4 Å². The molecule has 7 aromatic carbocycles. The van der Waals surface area contributed by atoms with E-state index in [0.29, 0.717) is 17.4 Å². The van der Waals surface area contributed by atoms with Gasteiger partial charge in [-0.25, -0.2) is 14.8 Å². The summed E-state index contributed by atoms with van der Waals surface area (Å²) in [6, 6.07) is 53.7. The minimum absolute atomic E-state index is 0.354. The largest absolute Gasteiger partial charge is 0.477 e. The van der Waals surface area contributed by atoms with Gasteiger partial charge in [0.2, 0.25) is 0 Å². The van der Waals surface area contributed by atoms with E-state index in [1.807, 2.05) is 30.3 Å². The Morgan fingerprint density at radius 3 is 1.42 bits per heavy atom. The van der Waals surface area contributed by atoms with Gasteiger partial charge in [0.05, 0.1) is 28.3 Å². The molecule has 11 heteroatoms. The lowest BCUT2D eigenvalue weighted by atomic mass is 9.92. The number of benzene rings is 7. The van der Waals surface area contributed by atoms with Crippen molar-refractivity contribution in [2.45, 2.75) is 101 Å². The predicted octanol–water partition coefficient (Wildman–Crippen LogP) is 23.0. The van der Waals surface area contributed by atoms with Crippen molar-refractivity contribution in [3.8, 4) is 61.7 Å². The fraction of sp³-hybridized carbons (Fsp3) is 0.200. The summed E-state index contributed by atoms with van der Waals surface area (Å²) in [5.74, 6) is -0.0511. The van der Waals surface area contributed by atoms with Gasteiger partial charge < -0.3 is 19.6 Å². The zero-order valence-corrected chi connectivity index (χ0v) is 55.5. The van der Waals surface area contributed by atoms with Crippen LogP contribution in [0.1, 0.15) is 125 Å². The number of carboxylic acid groups (broad SMARTS) is 1. The number of nitriles is 1. The number of aliphatic carboxylic acids is 1. The standard InChI is InChI=1S/C85H75F3N6O2/c1-49(2)11-10-12-50(3)39-40-94-76-37-19-59(46-66(76)67-47-63(26-38-77(67)94)60-24-27-65(28-25-60)85(86,87)88)14-13-57-15-20-61(21-16-57)80-68-29-33-72(90-68)82(78-53(6)41-51(4)42-54(78)7)74-35-31-70(92-74)81(62-22-17-58(18-23-62)45-64(48-89)84(95)96)71-32-36-75(93-71)83(73-34-30-69(80)91-73)79-55(8)43-52(5)44-56(79)9/h13-38,41-47,49-50,90,93H,10-12,39-40H2,1-9H3,(H,95,96)/b14-13+,64-45-,80-68?,80-69?,81-70?,81-71?,82-72?,82-74?,83-73?,83-75?. The number of aromatic amines is 2. The number of rotatable bonds is 16. The molecule has 1 atom stereocenters. The molecule has 6 heterocycles. The fourth-order valence-electron chi connectivity index (χ4n) is 14.4. The van der Waals surface area contributed by atoms with Gasteiger partial charge in [0.25, 0.3) is 0 Å². The Morgan fingerprint density at radius 1 is 0.510 bits per heavy atom. The number of alkyl halides is 3. The Morgan fingerprint density at radius 2 is 0.938 bits per heavy atom. The molecule has 3 N–H and O–H groups in total. The normalized spacial score (nSPS) is 12.9. The van der Waals surface area contributed by atoms with E-state index in [9.17, 15) is 28.3 Å². The van der Waals surface area contributed by atoms with Crippen molar-refractivity contribution in [1.82, 2.24) is 24.5 Å². The van der Waals surface area contributed by atoms with E-state index in [1.165, 1.54) is 25.3 Å². The number of fused-ring (bicyclic) bond motifs is 11. The maximum absolute atomic E-state index is 13.7. The second-order valence-corrected chi connectivity index (χ2v) is 26.6. The molecule has 13 rings (SSSR count). The SMILES string of the molecule is Cc1cc(C)c(-c2c3nc(c(-c4ccc(/C=C/c5ccc6c(c5)c5cc(-c7ccc(C(F)(F)F)cc7)ccc5n6CCC(C)CCCC(C)C)cc4)c4ccc([nH]4)c(-c4c(C)cc(C)cc4C)c4nc(c(-c5ccc(/C=C(/C#N)C(=O)O)cc5)c5ccc2[nH]5)C=C4)C=C3)c(C)c1. The number of aryl methyl sites for hydroxylation is 7. The minimum Gasteiger partial charge on any atom is -0.477 e. The summed E-state index contributed by atoms with van der Waals surface area (Å²) < 4.78 is 43.4. The average Bonchev–Trinajstić information content (AvgIpc) is 1.26. The zero-order valence-electron chi connectivity index (χ0n) is 55.5. The summed E-state index contributed by atoms with van der Waals surface area (Å²) in [6.07, 6.45) is 14.3. The average molecular weight is 1270 g/mol. The second kappa shape index (κ2) is 26.2. The third-order valence-electron chi connectivity index (χ3n) is 18.9. The smallest absolute Gasteiger partial charge is 0.416 e. The highest BCUT2D eigenvalue weighted by atomic mass is 19.4. The van der Waals surface area contributed by atoms with Gasteiger partial charge in [-0.1, -0.05) is 160 Å². The Kier molecular flexibility index (Phi) is 17.4. The van der Waals surface area contributed by atoms with Gasteiger partial charge in [-0.2, -0.15) is 18.4 Å². The van der Waals surface area contributed by atoms with Crippen LogP contribution in [-0.4, -0.2) is 35.6 Å². The van der Waals surface area contributed by atoms with Gasteiger partial charge >= 0.3 is 12.1 Å².